The number of sulfonamides is 2. The van der Waals surface area contributed by atoms with Gasteiger partial charge in [0.1, 0.15) is 0 Å². The molecule has 2 aromatic rings. The van der Waals surface area contributed by atoms with E-state index in [2.05, 4.69) is 0 Å². The minimum absolute atomic E-state index is 0.0700. The molecule has 1 aromatic heterocycles. The fourth-order valence-electron chi connectivity index (χ4n) is 2.81. The zero-order valence-corrected chi connectivity index (χ0v) is 18.3. The summed E-state index contributed by atoms with van der Waals surface area (Å²) in [6, 6.07) is 7.83. The van der Waals surface area contributed by atoms with Gasteiger partial charge in [-0.25, -0.2) is 26.8 Å². The van der Waals surface area contributed by atoms with Gasteiger partial charge >= 0.3 is 5.97 Å². The van der Waals surface area contributed by atoms with E-state index in [4.69, 9.17) is 25.9 Å². The second kappa shape index (κ2) is 8.96. The summed E-state index contributed by atoms with van der Waals surface area (Å²) in [6.45, 7) is -0.256. The molecule has 168 valence electrons. The molecule has 0 radical (unpaired) electrons. The first kappa shape index (κ1) is 23.2. The molecule has 1 aromatic carbocycles. The molecule has 1 aliphatic rings. The number of carbonyl (C=O) groups is 2. The van der Waals surface area contributed by atoms with Crippen molar-refractivity contribution in [3.63, 3.8) is 0 Å². The summed E-state index contributed by atoms with van der Waals surface area (Å²) in [7, 11) is -7.83. The molecule has 1 saturated heterocycles. The monoisotopic (exact) mass is 491 g/mol. The van der Waals surface area contributed by atoms with E-state index >= 15 is 0 Å². The van der Waals surface area contributed by atoms with Crippen molar-refractivity contribution >= 4 is 43.5 Å². The molecule has 0 spiro atoms. The number of carbonyl (C=O) groups excluding carboxylic acids is 2. The molecule has 1 fully saturated rings. The summed E-state index contributed by atoms with van der Waals surface area (Å²) in [5.74, 6) is -1.99. The Morgan fingerprint density at radius 1 is 1.00 bits per heavy atom. The standard InChI is InChI=1S/C17H18ClN3O8S2/c18-12-1-3-13(4-2-12)31(26,27)21-9-7-20(8-10-21)15(22)11-28-17(23)14-5-6-16(29-14)30(19,24)25/h1-6H,7-11H2,(H2,19,24,25). The van der Waals surface area contributed by atoms with Gasteiger partial charge in [-0.1, -0.05) is 11.6 Å². The summed E-state index contributed by atoms with van der Waals surface area (Å²) in [6.07, 6.45) is 0. The van der Waals surface area contributed by atoms with Gasteiger partial charge in [0, 0.05) is 31.2 Å². The number of ether oxygens (including phenoxy) is 1. The van der Waals surface area contributed by atoms with Gasteiger partial charge in [-0.2, -0.15) is 4.31 Å². The number of primary sulfonamides is 1. The maximum absolute atomic E-state index is 12.7. The normalized spacial score (nSPS) is 15.6. The Labute approximate surface area is 183 Å². The maximum Gasteiger partial charge on any atom is 0.374 e. The minimum atomic E-state index is -4.11. The van der Waals surface area contributed by atoms with Gasteiger partial charge in [-0.3, -0.25) is 4.79 Å². The number of esters is 1. The second-order valence-electron chi connectivity index (χ2n) is 6.48. The van der Waals surface area contributed by atoms with Crippen molar-refractivity contribution < 1.29 is 35.6 Å². The molecular formula is C17H18ClN3O8S2. The second-order valence-corrected chi connectivity index (χ2v) is 10.3. The number of amides is 1. The number of piperazine rings is 1. The van der Waals surface area contributed by atoms with E-state index in [9.17, 15) is 26.4 Å². The molecule has 2 N–H and O–H groups in total. The Kier molecular flexibility index (Phi) is 6.71. The lowest BCUT2D eigenvalue weighted by molar-refractivity contribution is -0.135. The highest BCUT2D eigenvalue weighted by Gasteiger charge is 2.30. The highest BCUT2D eigenvalue weighted by atomic mass is 35.5. The van der Waals surface area contributed by atoms with E-state index in [1.807, 2.05) is 0 Å². The van der Waals surface area contributed by atoms with Gasteiger partial charge in [-0.15, -0.1) is 0 Å². The van der Waals surface area contributed by atoms with Gasteiger partial charge < -0.3 is 14.1 Å². The van der Waals surface area contributed by atoms with Crippen LogP contribution in [0.3, 0.4) is 0 Å². The largest absolute Gasteiger partial charge is 0.450 e. The molecule has 1 amide bonds. The van der Waals surface area contributed by atoms with Crippen molar-refractivity contribution in [2.45, 2.75) is 9.99 Å². The van der Waals surface area contributed by atoms with E-state index in [1.54, 1.807) is 0 Å². The van der Waals surface area contributed by atoms with Crippen molar-refractivity contribution in [3.8, 4) is 0 Å². The topological polar surface area (TPSA) is 157 Å². The van der Waals surface area contributed by atoms with Crippen LogP contribution in [-0.4, -0.2) is 70.7 Å². The van der Waals surface area contributed by atoms with Gasteiger partial charge in [0.15, 0.2) is 6.61 Å². The minimum Gasteiger partial charge on any atom is -0.450 e. The van der Waals surface area contributed by atoms with E-state index in [1.165, 1.54) is 33.5 Å². The molecule has 1 aliphatic heterocycles. The molecule has 31 heavy (non-hydrogen) atoms. The number of furan rings is 1. The third-order valence-corrected chi connectivity index (χ3v) is 7.38. The van der Waals surface area contributed by atoms with Crippen molar-refractivity contribution in [2.75, 3.05) is 32.8 Å². The average molecular weight is 492 g/mol. The number of hydrogen-bond acceptors (Lipinski definition) is 8. The molecule has 2 heterocycles. The van der Waals surface area contributed by atoms with Gasteiger partial charge in [0.05, 0.1) is 4.90 Å². The Morgan fingerprint density at radius 3 is 2.16 bits per heavy atom. The smallest absolute Gasteiger partial charge is 0.374 e. The predicted octanol–water partition coefficient (Wildman–Crippen LogP) is 0.270. The number of hydrogen-bond donors (Lipinski definition) is 1. The quantitative estimate of drug-likeness (QED) is 0.564. The number of nitrogens with zero attached hydrogens (tertiary/aromatic N) is 2. The number of nitrogens with two attached hydrogens (primary N) is 1. The lowest BCUT2D eigenvalue weighted by atomic mass is 10.3. The molecular weight excluding hydrogens is 474 g/mol. The molecule has 0 bridgehead atoms. The molecule has 11 nitrogen and oxygen atoms in total. The summed E-state index contributed by atoms with van der Waals surface area (Å²) in [4.78, 5) is 25.7. The number of rotatable bonds is 6. The van der Waals surface area contributed by atoms with Crippen LogP contribution in [0.4, 0.5) is 0 Å². The van der Waals surface area contributed by atoms with Crippen LogP contribution in [0.2, 0.25) is 5.02 Å². The first-order valence-corrected chi connectivity index (χ1v) is 12.2. The van der Waals surface area contributed by atoms with Crippen molar-refractivity contribution in [2.24, 2.45) is 5.14 Å². The fourth-order valence-corrected chi connectivity index (χ4v) is 4.82. The molecule has 0 atom stereocenters. The van der Waals surface area contributed by atoms with Crippen LogP contribution in [0.15, 0.2) is 50.8 Å². The summed E-state index contributed by atoms with van der Waals surface area (Å²) in [5, 5.41) is 4.70. The van der Waals surface area contributed by atoms with Crippen LogP contribution < -0.4 is 5.14 Å². The van der Waals surface area contributed by atoms with Crippen LogP contribution in [0.1, 0.15) is 10.6 Å². The Balaban J connectivity index is 1.53. The van der Waals surface area contributed by atoms with Crippen LogP contribution in [0, 0.1) is 0 Å². The van der Waals surface area contributed by atoms with Gasteiger partial charge in [0.25, 0.3) is 15.9 Å². The van der Waals surface area contributed by atoms with E-state index < -0.39 is 49.4 Å². The average Bonchev–Trinajstić information content (AvgIpc) is 3.23. The molecule has 0 aliphatic carbocycles. The molecule has 14 heteroatoms. The predicted molar refractivity (Wildman–Crippen MR) is 107 cm³/mol. The van der Waals surface area contributed by atoms with Crippen molar-refractivity contribution in [3.05, 3.63) is 47.2 Å². The van der Waals surface area contributed by atoms with Crippen LogP contribution >= 0.6 is 11.6 Å². The zero-order valence-electron chi connectivity index (χ0n) is 15.9. The van der Waals surface area contributed by atoms with E-state index in [0.29, 0.717) is 5.02 Å². The molecule has 3 rings (SSSR count). The Hall–Kier alpha value is -2.45. The molecule has 0 saturated carbocycles. The van der Waals surface area contributed by atoms with Crippen LogP contribution in [0.5, 0.6) is 0 Å². The highest BCUT2D eigenvalue weighted by molar-refractivity contribution is 7.89. The lowest BCUT2D eigenvalue weighted by Gasteiger charge is -2.33. The highest BCUT2D eigenvalue weighted by Crippen LogP contribution is 2.20. The fraction of sp³-hybridized carbons (Fsp3) is 0.294. The maximum atomic E-state index is 12.7. The third-order valence-electron chi connectivity index (χ3n) is 4.43. The van der Waals surface area contributed by atoms with E-state index in [0.717, 1.165) is 12.1 Å². The summed E-state index contributed by atoms with van der Waals surface area (Å²) in [5.41, 5.74) is 0. The molecule has 0 unspecified atom stereocenters. The Morgan fingerprint density at radius 2 is 1.61 bits per heavy atom. The first-order valence-electron chi connectivity index (χ1n) is 8.82. The summed E-state index contributed by atoms with van der Waals surface area (Å²) < 4.78 is 58.5. The SMILES string of the molecule is NS(=O)(=O)c1ccc(C(=O)OCC(=O)N2CCN(S(=O)(=O)c3ccc(Cl)cc3)CC2)o1. The van der Waals surface area contributed by atoms with E-state index in [-0.39, 0.29) is 31.1 Å². The van der Waals surface area contributed by atoms with Crippen LogP contribution in [0.25, 0.3) is 0 Å². The Bertz CT molecular complexity index is 1180. The van der Waals surface area contributed by atoms with Crippen molar-refractivity contribution in [1.82, 2.24) is 9.21 Å². The zero-order chi connectivity index (χ0) is 22.8. The van der Waals surface area contributed by atoms with Crippen LogP contribution in [-0.2, 0) is 29.6 Å². The summed E-state index contributed by atoms with van der Waals surface area (Å²) >= 11 is 5.79. The number of benzene rings is 1. The number of halogens is 1. The first-order chi connectivity index (χ1) is 14.5. The van der Waals surface area contributed by atoms with Gasteiger partial charge in [-0.05, 0) is 36.4 Å². The van der Waals surface area contributed by atoms with Gasteiger partial charge in [0.2, 0.25) is 20.9 Å². The third kappa shape index (κ3) is 5.43. The lowest BCUT2D eigenvalue weighted by Crippen LogP contribution is -2.51. The van der Waals surface area contributed by atoms with Crippen molar-refractivity contribution in [1.29, 1.82) is 0 Å².